The first kappa shape index (κ1) is 18.7. The molecule has 0 saturated heterocycles. The molecular weight excluding hydrogens is 383 g/mol. The highest BCUT2D eigenvalue weighted by molar-refractivity contribution is 6.26. The van der Waals surface area contributed by atoms with Crippen LogP contribution in [0.15, 0.2) is 65.8 Å². The van der Waals surface area contributed by atoms with Crippen LogP contribution >= 0.6 is 0 Å². The molecule has 3 aromatic rings. The van der Waals surface area contributed by atoms with Crippen molar-refractivity contribution in [2.24, 2.45) is 5.10 Å². The van der Waals surface area contributed by atoms with Crippen LogP contribution in [0.1, 0.15) is 21.5 Å². The number of anilines is 1. The molecule has 1 heterocycles. The number of alkyl halides is 3. The number of nitrogens with one attached hydrogen (secondary N) is 1. The molecule has 0 saturated carbocycles. The zero-order chi connectivity index (χ0) is 20.6. The summed E-state index contributed by atoms with van der Waals surface area (Å²) < 4.78 is 39.0. The minimum atomic E-state index is -4.53. The maximum Gasteiger partial charge on any atom is 0.417 e. The average molecular weight is 397 g/mol. The molecule has 0 atom stereocenters. The van der Waals surface area contributed by atoms with Gasteiger partial charge in [-0.05, 0) is 23.6 Å². The highest BCUT2D eigenvalue weighted by Gasteiger charge is 2.33. The molecule has 1 N–H and O–H groups in total. The second kappa shape index (κ2) is 7.05. The van der Waals surface area contributed by atoms with Crippen molar-refractivity contribution in [2.45, 2.75) is 6.18 Å². The van der Waals surface area contributed by atoms with E-state index in [-0.39, 0.29) is 18.0 Å². The zero-order valence-electron chi connectivity index (χ0n) is 14.9. The van der Waals surface area contributed by atoms with Gasteiger partial charge in [-0.1, -0.05) is 42.5 Å². The molecular formula is C21H14F3N3O2. The summed E-state index contributed by atoms with van der Waals surface area (Å²) in [6, 6.07) is 15.6. The van der Waals surface area contributed by atoms with E-state index in [9.17, 15) is 22.8 Å². The van der Waals surface area contributed by atoms with Crippen LogP contribution in [0.3, 0.4) is 0 Å². The van der Waals surface area contributed by atoms with Crippen LogP contribution in [0.4, 0.5) is 18.9 Å². The van der Waals surface area contributed by atoms with Gasteiger partial charge in [0.15, 0.2) is 0 Å². The van der Waals surface area contributed by atoms with Crippen molar-refractivity contribution in [2.75, 3.05) is 11.4 Å². The number of hydrogen-bond donors (Lipinski definition) is 1. The molecule has 0 aliphatic carbocycles. The molecule has 0 aromatic heterocycles. The predicted octanol–water partition coefficient (Wildman–Crippen LogP) is 3.97. The second-order valence-corrected chi connectivity index (χ2v) is 6.45. The molecule has 1 aliphatic rings. The lowest BCUT2D eigenvalue weighted by Crippen LogP contribution is -2.37. The normalized spacial score (nSPS) is 13.5. The molecule has 8 heteroatoms. The third-order valence-corrected chi connectivity index (χ3v) is 4.61. The Labute approximate surface area is 163 Å². The van der Waals surface area contributed by atoms with E-state index in [4.69, 9.17) is 0 Å². The Balaban J connectivity index is 1.49. The van der Waals surface area contributed by atoms with Gasteiger partial charge in [-0.2, -0.15) is 18.3 Å². The van der Waals surface area contributed by atoms with E-state index in [2.05, 4.69) is 10.5 Å². The Morgan fingerprint density at radius 2 is 1.76 bits per heavy atom. The van der Waals surface area contributed by atoms with Crippen molar-refractivity contribution in [1.29, 1.82) is 0 Å². The van der Waals surface area contributed by atoms with Gasteiger partial charge in [-0.25, -0.2) is 5.43 Å². The van der Waals surface area contributed by atoms with Crippen molar-refractivity contribution in [3.63, 3.8) is 0 Å². The Morgan fingerprint density at radius 1 is 1.03 bits per heavy atom. The lowest BCUT2D eigenvalue weighted by molar-refractivity contribution is -0.137. The van der Waals surface area contributed by atoms with Gasteiger partial charge < -0.3 is 0 Å². The summed E-state index contributed by atoms with van der Waals surface area (Å²) >= 11 is 0. The number of halogens is 3. The molecule has 0 bridgehead atoms. The number of carbonyl (C=O) groups is 2. The second-order valence-electron chi connectivity index (χ2n) is 6.45. The van der Waals surface area contributed by atoms with E-state index in [0.717, 1.165) is 23.1 Å². The zero-order valence-corrected chi connectivity index (χ0v) is 14.9. The van der Waals surface area contributed by atoms with Gasteiger partial charge in [0.05, 0.1) is 17.5 Å². The number of hydrogen-bond acceptors (Lipinski definition) is 3. The molecule has 5 nitrogen and oxygen atoms in total. The molecule has 0 unspecified atom stereocenters. The van der Waals surface area contributed by atoms with Crippen molar-refractivity contribution in [1.82, 2.24) is 5.43 Å². The van der Waals surface area contributed by atoms with Gasteiger partial charge in [0.2, 0.25) is 0 Å². The smallest absolute Gasteiger partial charge is 0.298 e. The fraction of sp³-hybridized carbons (Fsp3) is 0.0952. The summed E-state index contributed by atoms with van der Waals surface area (Å²) in [6.45, 7) is -0.301. The maximum absolute atomic E-state index is 13.0. The lowest BCUT2D eigenvalue weighted by Gasteiger charge is -2.16. The van der Waals surface area contributed by atoms with Crippen LogP contribution in [-0.4, -0.2) is 24.6 Å². The summed E-state index contributed by atoms with van der Waals surface area (Å²) in [6.07, 6.45) is -3.60. The van der Waals surface area contributed by atoms with Crippen LogP contribution < -0.4 is 10.3 Å². The van der Waals surface area contributed by atoms with Gasteiger partial charge in [0, 0.05) is 16.5 Å². The first-order valence-corrected chi connectivity index (χ1v) is 8.68. The van der Waals surface area contributed by atoms with E-state index >= 15 is 0 Å². The predicted molar refractivity (Wildman–Crippen MR) is 103 cm³/mol. The summed E-state index contributed by atoms with van der Waals surface area (Å²) in [5.74, 6) is -0.928. The molecule has 1 aliphatic heterocycles. The third-order valence-electron chi connectivity index (χ3n) is 4.61. The molecule has 0 spiro atoms. The van der Waals surface area contributed by atoms with Gasteiger partial charge in [-0.3, -0.25) is 14.5 Å². The Kier molecular flexibility index (Phi) is 4.54. The highest BCUT2D eigenvalue weighted by Crippen LogP contribution is 2.36. The number of benzene rings is 3. The van der Waals surface area contributed by atoms with Crippen LogP contribution in [0.2, 0.25) is 0 Å². The largest absolute Gasteiger partial charge is 0.417 e. The van der Waals surface area contributed by atoms with E-state index in [1.807, 2.05) is 12.1 Å². The van der Waals surface area contributed by atoms with Gasteiger partial charge in [0.1, 0.15) is 6.54 Å². The van der Waals surface area contributed by atoms with Gasteiger partial charge >= 0.3 is 6.18 Å². The van der Waals surface area contributed by atoms with Crippen molar-refractivity contribution in [3.8, 4) is 0 Å². The number of nitrogens with zero attached hydrogens (tertiary/aromatic N) is 2. The molecule has 4 rings (SSSR count). The standard InChI is InChI=1S/C21H14F3N3O2/c22-21(23,24)16-9-2-1-5-14(16)11-25-26-18(28)12-27-17-10-4-7-13-6-3-8-15(19(13)17)20(27)29/h1-11H,12H2,(H,26,28)/b25-11+. The monoisotopic (exact) mass is 397 g/mol. The summed E-state index contributed by atoms with van der Waals surface area (Å²) in [7, 11) is 0. The number of carbonyl (C=O) groups excluding carboxylic acids is 2. The molecule has 2 amide bonds. The van der Waals surface area contributed by atoms with Gasteiger partial charge in [0.25, 0.3) is 11.8 Å². The van der Waals surface area contributed by atoms with Crippen molar-refractivity contribution in [3.05, 3.63) is 77.4 Å². The molecule has 146 valence electrons. The average Bonchev–Trinajstić information content (AvgIpc) is 2.96. The van der Waals surface area contributed by atoms with E-state index in [1.54, 1.807) is 24.3 Å². The third kappa shape index (κ3) is 3.44. The van der Waals surface area contributed by atoms with E-state index in [1.165, 1.54) is 23.1 Å². The Morgan fingerprint density at radius 3 is 2.52 bits per heavy atom. The maximum atomic E-state index is 13.0. The van der Waals surface area contributed by atoms with Crippen LogP contribution in [0.5, 0.6) is 0 Å². The van der Waals surface area contributed by atoms with E-state index in [0.29, 0.717) is 11.3 Å². The van der Waals surface area contributed by atoms with Gasteiger partial charge in [-0.15, -0.1) is 0 Å². The molecule has 3 aromatic carbocycles. The van der Waals surface area contributed by atoms with E-state index < -0.39 is 17.6 Å². The topological polar surface area (TPSA) is 61.8 Å². The highest BCUT2D eigenvalue weighted by atomic mass is 19.4. The van der Waals surface area contributed by atoms with Crippen molar-refractivity contribution < 1.29 is 22.8 Å². The Bertz CT molecular complexity index is 1150. The number of rotatable bonds is 4. The minimum absolute atomic E-state index is 0.172. The molecule has 0 radical (unpaired) electrons. The number of amides is 2. The van der Waals surface area contributed by atoms with Crippen LogP contribution in [0, 0.1) is 0 Å². The molecule has 0 fully saturated rings. The first-order valence-electron chi connectivity index (χ1n) is 8.68. The summed E-state index contributed by atoms with van der Waals surface area (Å²) in [5.41, 5.74) is 2.29. The van der Waals surface area contributed by atoms with Crippen LogP contribution in [-0.2, 0) is 11.0 Å². The summed E-state index contributed by atoms with van der Waals surface area (Å²) in [4.78, 5) is 26.2. The first-order chi connectivity index (χ1) is 13.9. The SMILES string of the molecule is O=C(CN1C(=O)c2cccc3cccc1c23)N/N=C/c1ccccc1C(F)(F)F. The fourth-order valence-corrected chi connectivity index (χ4v) is 3.36. The fourth-order valence-electron chi connectivity index (χ4n) is 3.36. The van der Waals surface area contributed by atoms with Crippen LogP contribution in [0.25, 0.3) is 10.8 Å². The lowest BCUT2D eigenvalue weighted by atomic mass is 10.1. The summed E-state index contributed by atoms with van der Waals surface area (Å²) in [5, 5.41) is 5.28. The number of hydrazone groups is 1. The minimum Gasteiger partial charge on any atom is -0.298 e. The quantitative estimate of drug-likeness (QED) is 0.535. The molecule has 29 heavy (non-hydrogen) atoms. The van der Waals surface area contributed by atoms with Crippen molar-refractivity contribution >= 4 is 34.5 Å². The Hall–Kier alpha value is -3.68.